The third-order valence-corrected chi connectivity index (χ3v) is 5.09. The zero-order valence-electron chi connectivity index (χ0n) is 17.0. The van der Waals surface area contributed by atoms with E-state index in [1.54, 1.807) is 0 Å². The van der Waals surface area contributed by atoms with Crippen molar-refractivity contribution >= 4 is 17.6 Å². The van der Waals surface area contributed by atoms with Gasteiger partial charge in [0.1, 0.15) is 17.7 Å². The number of likely N-dealkylation sites (N-methyl/N-ethyl adjacent to an activating group) is 1. The molecule has 0 saturated carbocycles. The van der Waals surface area contributed by atoms with Crippen LogP contribution in [0.15, 0.2) is 24.3 Å². The summed E-state index contributed by atoms with van der Waals surface area (Å²) >= 11 is 0. The molecule has 3 heterocycles. The van der Waals surface area contributed by atoms with Gasteiger partial charge >= 0.3 is 6.18 Å². The van der Waals surface area contributed by atoms with Crippen LogP contribution in [0.2, 0.25) is 0 Å². The van der Waals surface area contributed by atoms with Crippen molar-refractivity contribution in [1.82, 2.24) is 30.3 Å². The SMILES string of the molecule is CN1C(=O)[C@@H](NC(=O)c2nnc(Cc3cccc(F)c3F)[nH]2)CCn2nc(C(F)(F)F)cc21. The first-order valence-electron chi connectivity index (χ1n) is 9.62. The average molecular weight is 469 g/mol. The lowest BCUT2D eigenvalue weighted by Crippen LogP contribution is -2.47. The number of alkyl halides is 3. The average Bonchev–Trinajstić information content (AvgIpc) is 3.38. The first-order valence-corrected chi connectivity index (χ1v) is 9.62. The van der Waals surface area contributed by atoms with Crippen LogP contribution in [0.5, 0.6) is 0 Å². The Bertz CT molecular complexity index is 1220. The molecule has 1 aliphatic rings. The highest BCUT2D eigenvalue weighted by Gasteiger charge is 2.38. The van der Waals surface area contributed by atoms with E-state index in [1.165, 1.54) is 19.2 Å². The molecule has 3 aromatic rings. The maximum absolute atomic E-state index is 13.8. The lowest BCUT2D eigenvalue weighted by Gasteiger charge is -2.20. The number of benzene rings is 1. The van der Waals surface area contributed by atoms with E-state index in [2.05, 4.69) is 25.6 Å². The van der Waals surface area contributed by atoms with Gasteiger partial charge in [0.25, 0.3) is 11.8 Å². The molecule has 1 aromatic carbocycles. The summed E-state index contributed by atoms with van der Waals surface area (Å²) in [5.74, 6) is -3.73. The molecule has 0 fully saturated rings. The van der Waals surface area contributed by atoms with Crippen LogP contribution in [0.4, 0.5) is 27.8 Å². The minimum Gasteiger partial charge on any atom is -0.337 e. The van der Waals surface area contributed by atoms with E-state index < -0.39 is 41.4 Å². The van der Waals surface area contributed by atoms with Gasteiger partial charge < -0.3 is 10.3 Å². The summed E-state index contributed by atoms with van der Waals surface area (Å²) in [6, 6.07) is 3.35. The molecule has 174 valence electrons. The number of halogens is 5. The number of nitrogens with zero attached hydrogens (tertiary/aromatic N) is 5. The second kappa shape index (κ2) is 8.26. The second-order valence-electron chi connectivity index (χ2n) is 7.33. The van der Waals surface area contributed by atoms with Gasteiger partial charge in [0.05, 0.1) is 0 Å². The molecular weight excluding hydrogens is 453 g/mol. The molecule has 0 spiro atoms. The number of hydrogen-bond donors (Lipinski definition) is 2. The standard InChI is InChI=1S/C19H16F5N7O2/c1-30-14-8-12(19(22,23)24)29-31(14)6-5-11(18(30)33)25-17(32)16-26-13(27-28-16)7-9-3-2-4-10(20)15(9)21/h2-4,8,11H,5-7H2,1H3,(H,25,32)(H,26,27,28)/t11-/m0/s1. The second-order valence-corrected chi connectivity index (χ2v) is 7.33. The van der Waals surface area contributed by atoms with Gasteiger partial charge in [0.2, 0.25) is 5.82 Å². The Kier molecular flexibility index (Phi) is 5.59. The van der Waals surface area contributed by atoms with E-state index in [9.17, 15) is 31.5 Å². The zero-order valence-corrected chi connectivity index (χ0v) is 17.0. The summed E-state index contributed by atoms with van der Waals surface area (Å²) in [5.41, 5.74) is -1.12. The highest BCUT2D eigenvalue weighted by Crippen LogP contribution is 2.32. The van der Waals surface area contributed by atoms with Crippen LogP contribution in [0, 0.1) is 11.6 Å². The molecule has 14 heteroatoms. The number of carbonyl (C=O) groups is 2. The molecule has 4 rings (SSSR count). The van der Waals surface area contributed by atoms with Crippen molar-refractivity contribution in [2.75, 3.05) is 11.9 Å². The van der Waals surface area contributed by atoms with Crippen LogP contribution in [-0.4, -0.2) is 49.9 Å². The number of anilines is 1. The van der Waals surface area contributed by atoms with Gasteiger partial charge in [-0.05, 0) is 18.1 Å². The fraction of sp³-hybridized carbons (Fsp3) is 0.316. The molecule has 2 amide bonds. The Hall–Kier alpha value is -3.84. The highest BCUT2D eigenvalue weighted by molar-refractivity contribution is 6.00. The molecule has 2 N–H and O–H groups in total. The van der Waals surface area contributed by atoms with Crippen molar-refractivity contribution in [3.8, 4) is 0 Å². The third kappa shape index (κ3) is 4.40. The van der Waals surface area contributed by atoms with Crippen molar-refractivity contribution in [1.29, 1.82) is 0 Å². The summed E-state index contributed by atoms with van der Waals surface area (Å²) in [6.45, 7) is -0.0487. The Morgan fingerprint density at radius 1 is 1.27 bits per heavy atom. The number of aryl methyl sites for hydroxylation is 1. The summed E-state index contributed by atoms with van der Waals surface area (Å²) in [5, 5.41) is 13.4. The van der Waals surface area contributed by atoms with Crippen LogP contribution < -0.4 is 10.2 Å². The quantitative estimate of drug-likeness (QED) is 0.569. The maximum atomic E-state index is 13.8. The molecule has 0 bridgehead atoms. The third-order valence-electron chi connectivity index (χ3n) is 5.09. The monoisotopic (exact) mass is 469 g/mol. The zero-order chi connectivity index (χ0) is 23.9. The van der Waals surface area contributed by atoms with E-state index in [4.69, 9.17) is 0 Å². The number of amides is 2. The number of hydrogen-bond acceptors (Lipinski definition) is 5. The number of aromatic nitrogens is 5. The molecule has 0 aliphatic carbocycles. The van der Waals surface area contributed by atoms with Gasteiger partial charge in [-0.1, -0.05) is 12.1 Å². The number of fused-ring (bicyclic) bond motifs is 1. The van der Waals surface area contributed by atoms with Crippen molar-refractivity contribution in [3.63, 3.8) is 0 Å². The number of H-pyrrole nitrogens is 1. The highest BCUT2D eigenvalue weighted by atomic mass is 19.4. The predicted molar refractivity (Wildman–Crippen MR) is 102 cm³/mol. The fourth-order valence-corrected chi connectivity index (χ4v) is 3.41. The van der Waals surface area contributed by atoms with Gasteiger partial charge in [0.15, 0.2) is 17.3 Å². The Balaban J connectivity index is 1.45. The van der Waals surface area contributed by atoms with Crippen LogP contribution >= 0.6 is 0 Å². The van der Waals surface area contributed by atoms with Crippen LogP contribution in [-0.2, 0) is 23.9 Å². The van der Waals surface area contributed by atoms with Crippen molar-refractivity contribution in [2.24, 2.45) is 0 Å². The normalized spacial score (nSPS) is 16.5. The summed E-state index contributed by atoms with van der Waals surface area (Å²) in [4.78, 5) is 28.8. The first kappa shape index (κ1) is 22.4. The Morgan fingerprint density at radius 2 is 2.03 bits per heavy atom. The van der Waals surface area contributed by atoms with Crippen LogP contribution in [0.25, 0.3) is 0 Å². The lowest BCUT2D eigenvalue weighted by molar-refractivity contribution is -0.141. The first-order chi connectivity index (χ1) is 15.5. The summed E-state index contributed by atoms with van der Waals surface area (Å²) in [6.07, 6.45) is -4.83. The van der Waals surface area contributed by atoms with E-state index in [-0.39, 0.29) is 42.4 Å². The topological polar surface area (TPSA) is 109 Å². The lowest BCUT2D eigenvalue weighted by atomic mass is 10.1. The molecule has 0 unspecified atom stereocenters. The van der Waals surface area contributed by atoms with Crippen molar-refractivity contribution < 1.29 is 31.5 Å². The van der Waals surface area contributed by atoms with E-state index in [0.29, 0.717) is 0 Å². The van der Waals surface area contributed by atoms with Gasteiger partial charge in [-0.3, -0.25) is 14.5 Å². The van der Waals surface area contributed by atoms with E-state index >= 15 is 0 Å². The molecular formula is C19H16F5N7O2. The van der Waals surface area contributed by atoms with Crippen LogP contribution in [0.1, 0.15) is 34.1 Å². The smallest absolute Gasteiger partial charge is 0.337 e. The minimum atomic E-state index is -4.66. The number of carbonyl (C=O) groups excluding carboxylic acids is 2. The van der Waals surface area contributed by atoms with Gasteiger partial charge in [-0.15, -0.1) is 10.2 Å². The molecule has 33 heavy (non-hydrogen) atoms. The van der Waals surface area contributed by atoms with Gasteiger partial charge in [-0.25, -0.2) is 13.5 Å². The number of nitrogens with one attached hydrogen (secondary N) is 2. The minimum absolute atomic E-state index is 0.00586. The molecule has 1 aliphatic heterocycles. The van der Waals surface area contributed by atoms with Crippen molar-refractivity contribution in [2.45, 2.75) is 31.6 Å². The van der Waals surface area contributed by atoms with Gasteiger partial charge in [-0.2, -0.15) is 18.3 Å². The molecule has 1 atom stereocenters. The van der Waals surface area contributed by atoms with Crippen molar-refractivity contribution in [3.05, 3.63) is 58.8 Å². The Labute approximate surface area is 182 Å². The molecule has 2 aromatic heterocycles. The summed E-state index contributed by atoms with van der Waals surface area (Å²) in [7, 11) is 1.28. The predicted octanol–water partition coefficient (Wildman–Crippen LogP) is 2.05. The largest absolute Gasteiger partial charge is 0.435 e. The van der Waals surface area contributed by atoms with E-state index in [0.717, 1.165) is 21.7 Å². The number of aromatic amines is 1. The number of rotatable bonds is 4. The molecule has 0 radical (unpaired) electrons. The van der Waals surface area contributed by atoms with Gasteiger partial charge in [0, 0.05) is 26.1 Å². The molecule has 9 nitrogen and oxygen atoms in total. The van der Waals surface area contributed by atoms with Crippen LogP contribution in [0.3, 0.4) is 0 Å². The molecule has 0 saturated heterocycles. The summed E-state index contributed by atoms with van der Waals surface area (Å²) < 4.78 is 67.0. The maximum Gasteiger partial charge on any atom is 0.435 e. The fourth-order valence-electron chi connectivity index (χ4n) is 3.41. The van der Waals surface area contributed by atoms with E-state index in [1.807, 2.05) is 0 Å². The Morgan fingerprint density at radius 3 is 2.76 bits per heavy atom.